The lowest BCUT2D eigenvalue weighted by Gasteiger charge is -2.21. The molecule has 0 unspecified atom stereocenters. The van der Waals surface area contributed by atoms with E-state index in [9.17, 15) is 0 Å². The van der Waals surface area contributed by atoms with E-state index in [4.69, 9.17) is 4.42 Å². The van der Waals surface area contributed by atoms with Gasteiger partial charge in [0.15, 0.2) is 0 Å². The molecule has 62 heavy (non-hydrogen) atoms. The minimum absolute atomic E-state index is 0.913. The van der Waals surface area contributed by atoms with Crippen LogP contribution < -0.4 is 10.4 Å². The van der Waals surface area contributed by atoms with Crippen LogP contribution in [0.4, 0.5) is 0 Å². The second-order valence-corrected chi connectivity index (χ2v) is 22.3. The zero-order valence-electron chi connectivity index (χ0n) is 34.4. The molecule has 1 nitrogen and oxygen atoms in total. The second kappa shape index (κ2) is 12.3. The Bertz CT molecular complexity index is 4070. The number of rotatable bonds is 2. The predicted octanol–water partition coefficient (Wildman–Crippen LogP) is 15.8. The molecule has 1 aliphatic rings. The lowest BCUT2D eigenvalue weighted by atomic mass is 9.85. The highest BCUT2D eigenvalue weighted by atomic mass is 28.3. The molecule has 1 aromatic heterocycles. The van der Waals surface area contributed by atoms with Gasteiger partial charge < -0.3 is 4.42 Å². The molecular formula is C60H38OSi. The lowest BCUT2D eigenvalue weighted by Crippen LogP contribution is -2.49. The van der Waals surface area contributed by atoms with E-state index in [2.05, 4.69) is 207 Å². The molecular weight excluding hydrogens is 765 g/mol. The summed E-state index contributed by atoms with van der Waals surface area (Å²) in [6.45, 7) is 5.09. The molecule has 1 aliphatic heterocycles. The van der Waals surface area contributed by atoms with E-state index in [1.165, 1.54) is 119 Å². The third-order valence-electron chi connectivity index (χ3n) is 14.3. The molecule has 0 N–H and O–H groups in total. The Morgan fingerprint density at radius 1 is 0.290 bits per heavy atom. The standard InChI is InChI=1S/C60H38OSi/c1-62(2)57-26-24-40(31-53(57)54-33-49-48-28-36-14-4-3-13-35(36)27-47(48)41-17-7-8-18-42(41)50(49)34-58(54)62)60-45-21-11-9-19-43(45)59(44-20-10-12-22-46(44)60)39-23-25-55-51(30-39)52-29-37-15-5-6-16-38(37)32-56(52)61-55/h3-34H,1-2H3. The van der Waals surface area contributed by atoms with Crippen molar-refractivity contribution in [3.8, 4) is 33.4 Å². The van der Waals surface area contributed by atoms with Gasteiger partial charge in [-0.15, -0.1) is 0 Å². The van der Waals surface area contributed by atoms with Crippen LogP contribution in [0.5, 0.6) is 0 Å². The SMILES string of the molecule is C[Si]1(C)c2ccc(-c3c4ccccc4c(-c4ccc5oc6cc7ccccc7cc6c5c4)c4ccccc34)cc2-c2cc3c(cc21)c1ccccc1c1cc2ccccc2cc31. The van der Waals surface area contributed by atoms with Gasteiger partial charge in [0.1, 0.15) is 19.2 Å². The molecule has 13 aromatic rings. The fourth-order valence-electron chi connectivity index (χ4n) is 11.4. The van der Waals surface area contributed by atoms with Crippen LogP contribution in [-0.2, 0) is 0 Å². The quantitative estimate of drug-likeness (QED) is 0.0964. The molecule has 2 heterocycles. The van der Waals surface area contributed by atoms with E-state index in [-0.39, 0.29) is 0 Å². The average molecular weight is 803 g/mol. The van der Waals surface area contributed by atoms with Crippen LogP contribution in [0.25, 0.3) is 131 Å². The van der Waals surface area contributed by atoms with Crippen molar-refractivity contribution in [2.45, 2.75) is 13.1 Å². The van der Waals surface area contributed by atoms with E-state index in [1.807, 2.05) is 0 Å². The number of hydrogen-bond donors (Lipinski definition) is 0. The molecule has 0 aliphatic carbocycles. The fraction of sp³-hybridized carbons (Fsp3) is 0.0333. The molecule has 0 saturated carbocycles. The van der Waals surface area contributed by atoms with Crippen LogP contribution in [0.2, 0.25) is 13.1 Å². The summed E-state index contributed by atoms with van der Waals surface area (Å²) < 4.78 is 6.46. The first-order chi connectivity index (χ1) is 30.5. The van der Waals surface area contributed by atoms with Gasteiger partial charge in [-0.1, -0.05) is 159 Å². The Morgan fingerprint density at radius 2 is 0.710 bits per heavy atom. The van der Waals surface area contributed by atoms with Crippen LogP contribution in [0, 0.1) is 0 Å². The van der Waals surface area contributed by atoms with Crippen molar-refractivity contribution in [1.82, 2.24) is 0 Å². The summed E-state index contributed by atoms with van der Waals surface area (Å²) in [6.07, 6.45) is 0. The van der Waals surface area contributed by atoms with Gasteiger partial charge in [0.25, 0.3) is 0 Å². The number of fused-ring (bicyclic) bond motifs is 16. The minimum atomic E-state index is -2.04. The number of furan rings is 1. The summed E-state index contributed by atoms with van der Waals surface area (Å²) in [7, 11) is -2.04. The highest BCUT2D eigenvalue weighted by Gasteiger charge is 2.38. The largest absolute Gasteiger partial charge is 0.456 e. The summed E-state index contributed by atoms with van der Waals surface area (Å²) in [5.41, 5.74) is 9.63. The molecule has 0 saturated heterocycles. The molecule has 14 rings (SSSR count). The van der Waals surface area contributed by atoms with Crippen molar-refractivity contribution in [3.05, 3.63) is 194 Å². The van der Waals surface area contributed by atoms with Crippen LogP contribution >= 0.6 is 0 Å². The first-order valence-corrected chi connectivity index (χ1v) is 24.7. The Labute approximate surface area is 359 Å². The average Bonchev–Trinajstić information content (AvgIpc) is 3.78. The van der Waals surface area contributed by atoms with Gasteiger partial charge >= 0.3 is 0 Å². The monoisotopic (exact) mass is 802 g/mol. The van der Waals surface area contributed by atoms with Crippen molar-refractivity contribution in [1.29, 1.82) is 0 Å². The van der Waals surface area contributed by atoms with Gasteiger partial charge in [-0.25, -0.2) is 0 Å². The topological polar surface area (TPSA) is 13.1 Å². The van der Waals surface area contributed by atoms with Gasteiger partial charge in [-0.05, 0) is 168 Å². The first-order valence-electron chi connectivity index (χ1n) is 21.7. The maximum atomic E-state index is 6.46. The van der Waals surface area contributed by atoms with Crippen molar-refractivity contribution < 1.29 is 4.42 Å². The van der Waals surface area contributed by atoms with Crippen LogP contribution in [0.1, 0.15) is 0 Å². The van der Waals surface area contributed by atoms with Gasteiger partial charge in [0, 0.05) is 10.8 Å². The van der Waals surface area contributed by atoms with Gasteiger partial charge in [-0.2, -0.15) is 0 Å². The minimum Gasteiger partial charge on any atom is -0.456 e. The number of hydrogen-bond acceptors (Lipinski definition) is 1. The second-order valence-electron chi connectivity index (χ2n) is 18.0. The summed E-state index contributed by atoms with van der Waals surface area (Å²) >= 11 is 0. The van der Waals surface area contributed by atoms with E-state index in [0.29, 0.717) is 0 Å². The summed E-state index contributed by atoms with van der Waals surface area (Å²) in [5.74, 6) is 0. The Hall–Kier alpha value is -7.52. The Kier molecular flexibility index (Phi) is 6.78. The van der Waals surface area contributed by atoms with Crippen molar-refractivity contribution >= 4 is 116 Å². The fourth-order valence-corrected chi connectivity index (χ4v) is 14.5. The van der Waals surface area contributed by atoms with E-state index < -0.39 is 8.07 Å². The third kappa shape index (κ3) is 4.62. The molecule has 12 aromatic carbocycles. The summed E-state index contributed by atoms with van der Waals surface area (Å²) in [6, 6.07) is 73.0. The van der Waals surface area contributed by atoms with Gasteiger partial charge in [0.2, 0.25) is 0 Å². The third-order valence-corrected chi connectivity index (χ3v) is 17.9. The Balaban J connectivity index is 1.01. The van der Waals surface area contributed by atoms with Crippen LogP contribution in [0.15, 0.2) is 199 Å². The van der Waals surface area contributed by atoms with E-state index in [0.717, 1.165) is 21.9 Å². The smallest absolute Gasteiger partial charge is 0.136 e. The summed E-state index contributed by atoms with van der Waals surface area (Å²) in [5, 5.41) is 23.4. The molecule has 0 amide bonds. The molecule has 288 valence electrons. The van der Waals surface area contributed by atoms with Crippen molar-refractivity contribution in [2.75, 3.05) is 0 Å². The molecule has 0 fully saturated rings. The van der Waals surface area contributed by atoms with Crippen LogP contribution in [-0.4, -0.2) is 8.07 Å². The van der Waals surface area contributed by atoms with Crippen LogP contribution in [0.3, 0.4) is 0 Å². The van der Waals surface area contributed by atoms with E-state index >= 15 is 0 Å². The number of benzene rings is 12. The normalized spacial score (nSPS) is 13.5. The zero-order valence-corrected chi connectivity index (χ0v) is 35.4. The molecule has 0 radical (unpaired) electrons. The molecule has 0 bridgehead atoms. The highest BCUT2D eigenvalue weighted by molar-refractivity contribution is 7.04. The molecule has 0 atom stereocenters. The lowest BCUT2D eigenvalue weighted by molar-refractivity contribution is 0.669. The van der Waals surface area contributed by atoms with Crippen molar-refractivity contribution in [3.63, 3.8) is 0 Å². The zero-order chi connectivity index (χ0) is 40.8. The molecule has 2 heteroatoms. The van der Waals surface area contributed by atoms with Crippen molar-refractivity contribution in [2.24, 2.45) is 0 Å². The first kappa shape index (κ1) is 34.2. The van der Waals surface area contributed by atoms with E-state index in [1.54, 1.807) is 0 Å². The summed E-state index contributed by atoms with van der Waals surface area (Å²) in [4.78, 5) is 0. The molecule has 0 spiro atoms. The maximum absolute atomic E-state index is 6.46. The Morgan fingerprint density at radius 3 is 1.31 bits per heavy atom. The highest BCUT2D eigenvalue weighted by Crippen LogP contribution is 2.47. The maximum Gasteiger partial charge on any atom is 0.136 e. The predicted molar refractivity (Wildman–Crippen MR) is 269 cm³/mol. The van der Waals surface area contributed by atoms with Gasteiger partial charge in [-0.3, -0.25) is 0 Å². The van der Waals surface area contributed by atoms with Gasteiger partial charge in [0.05, 0.1) is 0 Å².